The van der Waals surface area contributed by atoms with Crippen molar-refractivity contribution in [1.29, 1.82) is 0 Å². The Morgan fingerprint density at radius 2 is 1.57 bits per heavy atom. The van der Waals surface area contributed by atoms with Crippen LogP contribution in [0.2, 0.25) is 5.28 Å². The van der Waals surface area contributed by atoms with E-state index in [1.807, 2.05) is 42.5 Å². The Bertz CT molecular complexity index is 769. The SMILES string of the molecule is CC(C)(Nc1nc(Cl)nc2ccccc12)c1ccccc1. The number of benzene rings is 2. The summed E-state index contributed by atoms with van der Waals surface area (Å²) < 4.78 is 0. The number of aromatic nitrogens is 2. The zero-order chi connectivity index (χ0) is 14.9. The summed E-state index contributed by atoms with van der Waals surface area (Å²) in [6.07, 6.45) is 0. The molecule has 0 amide bonds. The molecule has 2 aromatic carbocycles. The summed E-state index contributed by atoms with van der Waals surface area (Å²) in [6.45, 7) is 4.24. The van der Waals surface area contributed by atoms with Crippen LogP contribution in [0.5, 0.6) is 0 Å². The largest absolute Gasteiger partial charge is 0.360 e. The van der Waals surface area contributed by atoms with Crippen LogP contribution in [0.1, 0.15) is 19.4 Å². The van der Waals surface area contributed by atoms with E-state index in [1.165, 1.54) is 5.56 Å². The molecule has 0 atom stereocenters. The van der Waals surface area contributed by atoms with Crippen molar-refractivity contribution in [2.75, 3.05) is 5.32 Å². The molecule has 0 aliphatic heterocycles. The Morgan fingerprint density at radius 1 is 0.905 bits per heavy atom. The molecular weight excluding hydrogens is 282 g/mol. The maximum absolute atomic E-state index is 6.04. The van der Waals surface area contributed by atoms with Gasteiger partial charge in [-0.15, -0.1) is 0 Å². The Labute approximate surface area is 129 Å². The predicted molar refractivity (Wildman–Crippen MR) is 87.6 cm³/mol. The topological polar surface area (TPSA) is 37.8 Å². The van der Waals surface area contributed by atoms with Crippen LogP contribution in [0.4, 0.5) is 5.82 Å². The molecule has 1 aromatic heterocycles. The van der Waals surface area contributed by atoms with Gasteiger partial charge in [0.15, 0.2) is 0 Å². The summed E-state index contributed by atoms with van der Waals surface area (Å²) in [6, 6.07) is 18.1. The normalized spacial score (nSPS) is 11.6. The van der Waals surface area contributed by atoms with E-state index in [0.29, 0.717) is 0 Å². The summed E-state index contributed by atoms with van der Waals surface area (Å²) >= 11 is 6.04. The second kappa shape index (κ2) is 5.34. The van der Waals surface area contributed by atoms with Crippen LogP contribution in [0.25, 0.3) is 10.9 Å². The van der Waals surface area contributed by atoms with Crippen molar-refractivity contribution in [2.45, 2.75) is 19.4 Å². The van der Waals surface area contributed by atoms with Crippen LogP contribution in [-0.2, 0) is 5.54 Å². The fourth-order valence-corrected chi connectivity index (χ4v) is 2.54. The molecule has 0 saturated heterocycles. The van der Waals surface area contributed by atoms with Gasteiger partial charge in [0.05, 0.1) is 11.1 Å². The van der Waals surface area contributed by atoms with Crippen molar-refractivity contribution in [1.82, 2.24) is 9.97 Å². The Balaban J connectivity index is 2.05. The van der Waals surface area contributed by atoms with Crippen molar-refractivity contribution in [3.63, 3.8) is 0 Å². The number of nitrogens with zero attached hydrogens (tertiary/aromatic N) is 2. The van der Waals surface area contributed by atoms with Crippen LogP contribution in [0.15, 0.2) is 54.6 Å². The third-order valence-electron chi connectivity index (χ3n) is 3.50. The number of hydrogen-bond acceptors (Lipinski definition) is 3. The van der Waals surface area contributed by atoms with E-state index in [1.54, 1.807) is 0 Å². The van der Waals surface area contributed by atoms with E-state index in [4.69, 9.17) is 11.6 Å². The fourth-order valence-electron chi connectivity index (χ4n) is 2.37. The molecule has 0 radical (unpaired) electrons. The van der Waals surface area contributed by atoms with Gasteiger partial charge in [-0.05, 0) is 43.1 Å². The van der Waals surface area contributed by atoms with Gasteiger partial charge in [0.1, 0.15) is 5.82 Å². The van der Waals surface area contributed by atoms with Crippen molar-refractivity contribution >= 4 is 28.3 Å². The van der Waals surface area contributed by atoms with Gasteiger partial charge in [0, 0.05) is 5.39 Å². The van der Waals surface area contributed by atoms with Gasteiger partial charge in [-0.1, -0.05) is 42.5 Å². The van der Waals surface area contributed by atoms with E-state index in [-0.39, 0.29) is 10.8 Å². The van der Waals surface area contributed by atoms with Crippen LogP contribution in [-0.4, -0.2) is 9.97 Å². The van der Waals surface area contributed by atoms with Gasteiger partial charge in [0.25, 0.3) is 0 Å². The second-order valence-electron chi connectivity index (χ2n) is 5.47. The molecule has 0 saturated carbocycles. The first-order valence-corrected chi connectivity index (χ1v) is 7.20. The highest BCUT2D eigenvalue weighted by molar-refractivity contribution is 6.28. The number of anilines is 1. The van der Waals surface area contributed by atoms with Crippen molar-refractivity contribution in [3.05, 3.63) is 65.4 Å². The molecule has 3 rings (SSSR count). The average molecular weight is 298 g/mol. The van der Waals surface area contributed by atoms with Gasteiger partial charge < -0.3 is 5.32 Å². The predicted octanol–water partition coefficient (Wildman–Crippen LogP) is 4.63. The number of fused-ring (bicyclic) bond motifs is 1. The quantitative estimate of drug-likeness (QED) is 0.716. The monoisotopic (exact) mass is 297 g/mol. The van der Waals surface area contributed by atoms with Crippen LogP contribution in [0, 0.1) is 0 Å². The number of halogens is 1. The summed E-state index contributed by atoms with van der Waals surface area (Å²) in [7, 11) is 0. The highest BCUT2D eigenvalue weighted by Crippen LogP contribution is 2.29. The third kappa shape index (κ3) is 2.83. The smallest absolute Gasteiger partial charge is 0.224 e. The number of hydrogen-bond donors (Lipinski definition) is 1. The molecule has 3 aromatic rings. The first-order valence-electron chi connectivity index (χ1n) is 6.82. The molecule has 0 spiro atoms. The van der Waals surface area contributed by atoms with Crippen LogP contribution >= 0.6 is 11.6 Å². The number of para-hydroxylation sites is 1. The summed E-state index contributed by atoms with van der Waals surface area (Å²) in [5.74, 6) is 0.749. The Kier molecular flexibility index (Phi) is 3.52. The van der Waals surface area contributed by atoms with Crippen LogP contribution in [0.3, 0.4) is 0 Å². The molecule has 0 fully saturated rings. The second-order valence-corrected chi connectivity index (χ2v) is 5.81. The number of nitrogens with one attached hydrogen (secondary N) is 1. The molecule has 0 bridgehead atoms. The average Bonchev–Trinajstić information content (AvgIpc) is 2.47. The standard InChI is InChI=1S/C17H16ClN3/c1-17(2,12-8-4-3-5-9-12)21-15-13-10-6-7-11-14(13)19-16(18)20-15/h3-11H,1-2H3,(H,19,20,21). The van der Waals surface area contributed by atoms with Crippen LogP contribution < -0.4 is 5.32 Å². The first-order chi connectivity index (χ1) is 10.1. The number of rotatable bonds is 3. The van der Waals surface area contributed by atoms with Gasteiger partial charge in [-0.25, -0.2) is 9.97 Å². The Morgan fingerprint density at radius 3 is 2.33 bits per heavy atom. The van der Waals surface area contributed by atoms with E-state index in [9.17, 15) is 0 Å². The fraction of sp³-hybridized carbons (Fsp3) is 0.176. The lowest BCUT2D eigenvalue weighted by atomic mass is 9.94. The first kappa shape index (κ1) is 13.8. The molecule has 3 nitrogen and oxygen atoms in total. The van der Waals surface area contributed by atoms with Gasteiger partial charge in [0.2, 0.25) is 5.28 Å². The minimum absolute atomic E-state index is 0.250. The van der Waals surface area contributed by atoms with Gasteiger partial charge in [-0.2, -0.15) is 0 Å². The van der Waals surface area contributed by atoms with E-state index in [2.05, 4.69) is 41.3 Å². The Hall–Kier alpha value is -2.13. The zero-order valence-corrected chi connectivity index (χ0v) is 12.7. The highest BCUT2D eigenvalue weighted by atomic mass is 35.5. The van der Waals surface area contributed by atoms with Crippen molar-refractivity contribution < 1.29 is 0 Å². The lowest BCUT2D eigenvalue weighted by molar-refractivity contribution is 0.607. The molecule has 1 heterocycles. The maximum Gasteiger partial charge on any atom is 0.224 e. The van der Waals surface area contributed by atoms with E-state index in [0.717, 1.165) is 16.7 Å². The third-order valence-corrected chi connectivity index (χ3v) is 3.67. The summed E-state index contributed by atoms with van der Waals surface area (Å²) in [5, 5.41) is 4.70. The van der Waals surface area contributed by atoms with Gasteiger partial charge in [-0.3, -0.25) is 0 Å². The molecule has 1 N–H and O–H groups in total. The summed E-state index contributed by atoms with van der Waals surface area (Å²) in [4.78, 5) is 8.61. The molecule has 0 unspecified atom stereocenters. The molecule has 0 aliphatic rings. The van der Waals surface area contributed by atoms with Crippen molar-refractivity contribution in [2.24, 2.45) is 0 Å². The van der Waals surface area contributed by atoms with E-state index < -0.39 is 0 Å². The minimum atomic E-state index is -0.262. The highest BCUT2D eigenvalue weighted by Gasteiger charge is 2.21. The van der Waals surface area contributed by atoms with Gasteiger partial charge >= 0.3 is 0 Å². The lowest BCUT2D eigenvalue weighted by Gasteiger charge is -2.28. The summed E-state index contributed by atoms with van der Waals surface area (Å²) in [5.41, 5.74) is 1.76. The molecule has 4 heteroatoms. The molecule has 21 heavy (non-hydrogen) atoms. The van der Waals surface area contributed by atoms with E-state index >= 15 is 0 Å². The molecular formula is C17H16ClN3. The molecule has 106 valence electrons. The zero-order valence-electron chi connectivity index (χ0n) is 12.0. The van der Waals surface area contributed by atoms with Crippen molar-refractivity contribution in [3.8, 4) is 0 Å². The maximum atomic E-state index is 6.04. The lowest BCUT2D eigenvalue weighted by Crippen LogP contribution is -2.28. The molecule has 0 aliphatic carbocycles. The minimum Gasteiger partial charge on any atom is -0.360 e.